The van der Waals surface area contributed by atoms with Crippen LogP contribution >= 0.6 is 0 Å². The van der Waals surface area contributed by atoms with Gasteiger partial charge in [0.05, 0.1) is 4.90 Å². The first-order chi connectivity index (χ1) is 15.9. The quantitative estimate of drug-likeness (QED) is 0.579. The number of hydrogen-bond donors (Lipinski definition) is 1. The van der Waals surface area contributed by atoms with Gasteiger partial charge in [0, 0.05) is 44.0 Å². The van der Waals surface area contributed by atoms with Gasteiger partial charge in [0.25, 0.3) is 5.91 Å². The van der Waals surface area contributed by atoms with Crippen molar-refractivity contribution in [3.8, 4) is 0 Å². The minimum atomic E-state index is -3.72. The number of nitrogens with zero attached hydrogens (tertiary/aromatic N) is 2. The Balaban J connectivity index is 1.38. The molecule has 8 heteroatoms. The molecule has 172 valence electrons. The van der Waals surface area contributed by atoms with Gasteiger partial charge in [-0.3, -0.25) is 4.79 Å². The third kappa shape index (κ3) is 5.40. The van der Waals surface area contributed by atoms with Crippen LogP contribution in [0.15, 0.2) is 83.8 Å². The molecule has 0 spiro atoms. The SMILES string of the molecule is O=C(NCCc1ccccc1F)c1cccc(S(=O)(=O)N2CCN(c3ccccc3)CC2)c1. The van der Waals surface area contributed by atoms with Crippen molar-refractivity contribution >= 4 is 21.6 Å². The fourth-order valence-electron chi connectivity index (χ4n) is 3.89. The van der Waals surface area contributed by atoms with E-state index in [0.717, 1.165) is 5.69 Å². The molecule has 0 unspecified atom stereocenters. The molecule has 0 bridgehead atoms. The second kappa shape index (κ2) is 10.1. The van der Waals surface area contributed by atoms with Crippen molar-refractivity contribution < 1.29 is 17.6 Å². The number of carbonyl (C=O) groups excluding carboxylic acids is 1. The number of carbonyl (C=O) groups is 1. The molecular formula is C25H26FN3O3S. The lowest BCUT2D eigenvalue weighted by molar-refractivity contribution is 0.0954. The van der Waals surface area contributed by atoms with E-state index < -0.39 is 15.9 Å². The average molecular weight is 468 g/mol. The molecule has 1 fully saturated rings. The lowest BCUT2D eigenvalue weighted by atomic mass is 10.1. The van der Waals surface area contributed by atoms with Gasteiger partial charge in [-0.05, 0) is 48.4 Å². The largest absolute Gasteiger partial charge is 0.369 e. The fourth-order valence-corrected chi connectivity index (χ4v) is 5.35. The van der Waals surface area contributed by atoms with Crippen LogP contribution in [0.25, 0.3) is 0 Å². The van der Waals surface area contributed by atoms with Crippen LogP contribution in [0.4, 0.5) is 10.1 Å². The number of piperazine rings is 1. The predicted molar refractivity (Wildman–Crippen MR) is 126 cm³/mol. The summed E-state index contributed by atoms with van der Waals surface area (Å²) in [5, 5.41) is 2.74. The zero-order valence-corrected chi connectivity index (χ0v) is 19.0. The molecule has 1 amide bonds. The van der Waals surface area contributed by atoms with E-state index in [-0.39, 0.29) is 22.8 Å². The molecule has 33 heavy (non-hydrogen) atoms. The minimum absolute atomic E-state index is 0.0948. The van der Waals surface area contributed by atoms with Gasteiger partial charge in [0.15, 0.2) is 0 Å². The molecule has 0 atom stereocenters. The highest BCUT2D eigenvalue weighted by molar-refractivity contribution is 7.89. The number of sulfonamides is 1. The Labute approximate surface area is 193 Å². The van der Waals surface area contributed by atoms with Gasteiger partial charge in [-0.25, -0.2) is 12.8 Å². The summed E-state index contributed by atoms with van der Waals surface area (Å²) in [6, 6.07) is 22.4. The summed E-state index contributed by atoms with van der Waals surface area (Å²) in [7, 11) is -3.72. The van der Waals surface area contributed by atoms with Gasteiger partial charge >= 0.3 is 0 Å². The number of para-hydroxylation sites is 1. The molecule has 1 aliphatic heterocycles. The second-order valence-electron chi connectivity index (χ2n) is 7.85. The fraction of sp³-hybridized carbons (Fsp3) is 0.240. The molecule has 4 rings (SSSR count). The molecule has 0 saturated carbocycles. The number of halogens is 1. The van der Waals surface area contributed by atoms with E-state index in [4.69, 9.17) is 0 Å². The first kappa shape index (κ1) is 22.9. The van der Waals surface area contributed by atoms with Gasteiger partial charge in [0.2, 0.25) is 10.0 Å². The number of benzene rings is 3. The van der Waals surface area contributed by atoms with Crippen LogP contribution in [0.5, 0.6) is 0 Å². The van der Waals surface area contributed by atoms with Crippen LogP contribution in [0, 0.1) is 5.82 Å². The number of anilines is 1. The Morgan fingerprint density at radius 3 is 2.30 bits per heavy atom. The Morgan fingerprint density at radius 2 is 1.58 bits per heavy atom. The molecule has 0 aliphatic carbocycles. The zero-order chi connectivity index (χ0) is 23.3. The van der Waals surface area contributed by atoms with Crippen molar-refractivity contribution in [2.24, 2.45) is 0 Å². The first-order valence-electron chi connectivity index (χ1n) is 10.9. The van der Waals surface area contributed by atoms with E-state index in [1.807, 2.05) is 30.3 Å². The molecule has 1 aliphatic rings. The summed E-state index contributed by atoms with van der Waals surface area (Å²) < 4.78 is 41.5. The lowest BCUT2D eigenvalue weighted by Crippen LogP contribution is -2.48. The third-order valence-electron chi connectivity index (χ3n) is 5.73. The summed E-state index contributed by atoms with van der Waals surface area (Å²) in [6.45, 7) is 2.18. The van der Waals surface area contributed by atoms with Gasteiger partial charge in [0.1, 0.15) is 5.82 Å². The summed E-state index contributed by atoms with van der Waals surface area (Å²) in [6.07, 6.45) is 0.349. The number of rotatable bonds is 7. The van der Waals surface area contributed by atoms with E-state index in [2.05, 4.69) is 10.2 Å². The highest BCUT2D eigenvalue weighted by Crippen LogP contribution is 2.21. The van der Waals surface area contributed by atoms with Crippen molar-refractivity contribution in [2.75, 3.05) is 37.6 Å². The Morgan fingerprint density at radius 1 is 0.879 bits per heavy atom. The lowest BCUT2D eigenvalue weighted by Gasteiger charge is -2.35. The highest BCUT2D eigenvalue weighted by atomic mass is 32.2. The van der Waals surface area contributed by atoms with Crippen molar-refractivity contribution in [2.45, 2.75) is 11.3 Å². The van der Waals surface area contributed by atoms with Gasteiger partial charge in [-0.15, -0.1) is 0 Å². The molecule has 0 radical (unpaired) electrons. The monoisotopic (exact) mass is 467 g/mol. The van der Waals surface area contributed by atoms with E-state index in [1.54, 1.807) is 30.3 Å². The Kier molecular flexibility index (Phi) is 7.05. The zero-order valence-electron chi connectivity index (χ0n) is 18.2. The number of amides is 1. The molecule has 3 aromatic carbocycles. The van der Waals surface area contributed by atoms with Crippen molar-refractivity contribution in [1.82, 2.24) is 9.62 Å². The maximum absolute atomic E-state index is 13.7. The molecular weight excluding hydrogens is 441 g/mol. The van der Waals surface area contributed by atoms with Crippen LogP contribution in [-0.4, -0.2) is 51.4 Å². The normalized spacial score (nSPS) is 14.8. The molecule has 1 heterocycles. The van der Waals surface area contributed by atoms with Gasteiger partial charge < -0.3 is 10.2 Å². The summed E-state index contributed by atoms with van der Waals surface area (Å²) in [4.78, 5) is 14.8. The maximum Gasteiger partial charge on any atom is 0.251 e. The summed E-state index contributed by atoms with van der Waals surface area (Å²) in [5.41, 5.74) is 1.85. The third-order valence-corrected chi connectivity index (χ3v) is 7.63. The summed E-state index contributed by atoms with van der Waals surface area (Å²) in [5.74, 6) is -0.704. The minimum Gasteiger partial charge on any atom is -0.369 e. The van der Waals surface area contributed by atoms with Crippen molar-refractivity contribution in [1.29, 1.82) is 0 Å². The van der Waals surface area contributed by atoms with E-state index in [0.29, 0.717) is 38.2 Å². The molecule has 1 N–H and O–H groups in total. The number of nitrogens with one attached hydrogen (secondary N) is 1. The van der Waals surface area contributed by atoms with Crippen LogP contribution in [0.1, 0.15) is 15.9 Å². The predicted octanol–water partition coefficient (Wildman–Crippen LogP) is 3.31. The standard InChI is InChI=1S/C25H26FN3O3S/c26-24-12-5-4-7-20(24)13-14-27-25(30)21-8-6-11-23(19-21)33(31,32)29-17-15-28(16-18-29)22-9-2-1-3-10-22/h1-12,19H,13-18H2,(H,27,30). The Hall–Kier alpha value is -3.23. The van der Waals surface area contributed by atoms with E-state index in [9.17, 15) is 17.6 Å². The average Bonchev–Trinajstić information content (AvgIpc) is 2.86. The Bertz CT molecular complexity index is 1210. The summed E-state index contributed by atoms with van der Waals surface area (Å²) >= 11 is 0. The molecule has 1 saturated heterocycles. The first-order valence-corrected chi connectivity index (χ1v) is 12.3. The van der Waals surface area contributed by atoms with E-state index in [1.165, 1.54) is 22.5 Å². The second-order valence-corrected chi connectivity index (χ2v) is 9.79. The van der Waals surface area contributed by atoms with Gasteiger partial charge in [-0.1, -0.05) is 42.5 Å². The highest BCUT2D eigenvalue weighted by Gasteiger charge is 2.29. The smallest absolute Gasteiger partial charge is 0.251 e. The van der Waals surface area contributed by atoms with Crippen LogP contribution < -0.4 is 10.2 Å². The van der Waals surface area contributed by atoms with Crippen molar-refractivity contribution in [3.63, 3.8) is 0 Å². The van der Waals surface area contributed by atoms with Gasteiger partial charge in [-0.2, -0.15) is 4.31 Å². The molecule has 3 aromatic rings. The maximum atomic E-state index is 13.7. The van der Waals surface area contributed by atoms with Crippen LogP contribution in [0.3, 0.4) is 0 Å². The number of hydrogen-bond acceptors (Lipinski definition) is 4. The van der Waals surface area contributed by atoms with Crippen molar-refractivity contribution in [3.05, 3.63) is 95.8 Å². The van der Waals surface area contributed by atoms with E-state index >= 15 is 0 Å². The van der Waals surface area contributed by atoms with Crippen LogP contribution in [-0.2, 0) is 16.4 Å². The van der Waals surface area contributed by atoms with Crippen LogP contribution in [0.2, 0.25) is 0 Å². The molecule has 6 nitrogen and oxygen atoms in total. The molecule has 0 aromatic heterocycles. The topological polar surface area (TPSA) is 69.7 Å².